The number of hydrogen-bond donors (Lipinski definition) is 2. The van der Waals surface area contributed by atoms with E-state index in [0.29, 0.717) is 0 Å². The quantitative estimate of drug-likeness (QED) is 0.713. The van der Waals surface area contributed by atoms with Gasteiger partial charge in [0.1, 0.15) is 10.0 Å². The van der Waals surface area contributed by atoms with Crippen LogP contribution in [0.2, 0.25) is 15.3 Å². The number of carbonyl (C=O) groups excluding carboxylic acids is 1. The van der Waals surface area contributed by atoms with Crippen molar-refractivity contribution >= 4 is 56.4 Å². The van der Waals surface area contributed by atoms with E-state index in [0.717, 1.165) is 0 Å². The first-order valence-electron chi connectivity index (χ1n) is 7.05. The minimum Gasteiger partial charge on any atom is -0.350 e. The molecule has 0 atom stereocenters. The Balaban J connectivity index is 2.37. The van der Waals surface area contributed by atoms with Crippen molar-refractivity contribution in [3.63, 3.8) is 0 Å². The molecule has 0 spiro atoms. The van der Waals surface area contributed by atoms with Gasteiger partial charge in [0.05, 0.1) is 10.7 Å². The molecule has 134 valence electrons. The molecule has 1 aromatic heterocycles. The average molecular weight is 423 g/mol. The third-order valence-electron chi connectivity index (χ3n) is 2.96. The molecule has 25 heavy (non-hydrogen) atoms. The summed E-state index contributed by atoms with van der Waals surface area (Å²) >= 11 is 17.6. The van der Waals surface area contributed by atoms with Crippen LogP contribution in [0.25, 0.3) is 0 Å². The van der Waals surface area contributed by atoms with E-state index in [9.17, 15) is 13.2 Å². The predicted octanol–water partition coefficient (Wildman–Crippen LogP) is 3.98. The van der Waals surface area contributed by atoms with Crippen LogP contribution in [-0.4, -0.2) is 25.4 Å². The summed E-state index contributed by atoms with van der Waals surface area (Å²) in [6.45, 7) is 3.62. The molecule has 1 amide bonds. The van der Waals surface area contributed by atoms with Crippen LogP contribution in [0.4, 0.5) is 5.69 Å². The Labute approximate surface area is 160 Å². The molecule has 6 nitrogen and oxygen atoms in total. The number of pyridine rings is 1. The summed E-state index contributed by atoms with van der Waals surface area (Å²) < 4.78 is 27.3. The van der Waals surface area contributed by atoms with Crippen molar-refractivity contribution in [3.05, 3.63) is 51.2 Å². The van der Waals surface area contributed by atoms with Gasteiger partial charge in [-0.05, 0) is 44.2 Å². The fourth-order valence-electron chi connectivity index (χ4n) is 1.89. The molecular weight excluding hydrogens is 409 g/mol. The summed E-state index contributed by atoms with van der Waals surface area (Å²) in [5.74, 6) is -0.349. The average Bonchev–Trinajstić information content (AvgIpc) is 2.48. The van der Waals surface area contributed by atoms with E-state index in [1.54, 1.807) is 0 Å². The number of benzene rings is 1. The zero-order valence-electron chi connectivity index (χ0n) is 13.2. The van der Waals surface area contributed by atoms with Gasteiger partial charge >= 0.3 is 0 Å². The van der Waals surface area contributed by atoms with Crippen molar-refractivity contribution in [2.45, 2.75) is 24.8 Å². The van der Waals surface area contributed by atoms with E-state index < -0.39 is 10.0 Å². The van der Waals surface area contributed by atoms with Crippen molar-refractivity contribution in [3.8, 4) is 0 Å². The fourth-order valence-corrected chi connectivity index (χ4v) is 3.84. The maximum atomic E-state index is 12.5. The van der Waals surface area contributed by atoms with Crippen LogP contribution in [-0.2, 0) is 10.0 Å². The van der Waals surface area contributed by atoms with Gasteiger partial charge in [0.15, 0.2) is 5.15 Å². The number of sulfonamides is 1. The van der Waals surface area contributed by atoms with E-state index in [4.69, 9.17) is 34.8 Å². The highest BCUT2D eigenvalue weighted by atomic mass is 35.5. The van der Waals surface area contributed by atoms with Gasteiger partial charge in [0, 0.05) is 11.6 Å². The largest absolute Gasteiger partial charge is 0.350 e. The van der Waals surface area contributed by atoms with E-state index in [1.165, 1.54) is 30.3 Å². The van der Waals surface area contributed by atoms with Crippen LogP contribution in [0.1, 0.15) is 24.2 Å². The van der Waals surface area contributed by atoms with Crippen molar-refractivity contribution in [1.29, 1.82) is 0 Å². The molecule has 2 rings (SSSR count). The van der Waals surface area contributed by atoms with E-state index in [1.807, 2.05) is 13.8 Å². The molecule has 0 aliphatic heterocycles. The molecule has 1 heterocycles. The predicted molar refractivity (Wildman–Crippen MR) is 99.1 cm³/mol. The lowest BCUT2D eigenvalue weighted by molar-refractivity contribution is 0.0943. The Morgan fingerprint density at radius 2 is 1.80 bits per heavy atom. The van der Waals surface area contributed by atoms with Gasteiger partial charge in [0.2, 0.25) is 0 Å². The first kappa shape index (κ1) is 19.8. The molecule has 10 heteroatoms. The van der Waals surface area contributed by atoms with Crippen LogP contribution in [0.3, 0.4) is 0 Å². The van der Waals surface area contributed by atoms with Gasteiger partial charge in [0.25, 0.3) is 15.9 Å². The monoisotopic (exact) mass is 421 g/mol. The number of aromatic nitrogens is 1. The van der Waals surface area contributed by atoms with Gasteiger partial charge in [-0.2, -0.15) is 0 Å². The summed E-state index contributed by atoms with van der Waals surface area (Å²) in [6.07, 6.45) is 0. The normalized spacial score (nSPS) is 11.4. The Bertz CT molecular complexity index is 917. The van der Waals surface area contributed by atoms with Crippen LogP contribution >= 0.6 is 34.8 Å². The second-order valence-corrected chi connectivity index (χ2v) is 8.15. The van der Waals surface area contributed by atoms with Crippen molar-refractivity contribution in [1.82, 2.24) is 10.3 Å². The number of hydrogen-bond acceptors (Lipinski definition) is 4. The molecule has 0 radical (unpaired) electrons. The maximum absolute atomic E-state index is 12.5. The van der Waals surface area contributed by atoms with Crippen LogP contribution < -0.4 is 10.0 Å². The molecule has 1 aromatic carbocycles. The molecule has 2 N–H and O–H groups in total. The van der Waals surface area contributed by atoms with Crippen LogP contribution in [0.5, 0.6) is 0 Å². The second kappa shape index (κ2) is 7.78. The lowest BCUT2D eigenvalue weighted by Crippen LogP contribution is -2.30. The Kier molecular flexibility index (Phi) is 6.16. The zero-order valence-corrected chi connectivity index (χ0v) is 16.3. The number of amides is 1. The third-order valence-corrected chi connectivity index (χ3v) is 5.30. The van der Waals surface area contributed by atoms with Crippen molar-refractivity contribution in [2.24, 2.45) is 0 Å². The number of halogens is 3. The molecular formula is C15H14Cl3N3O3S. The highest BCUT2D eigenvalue weighted by Gasteiger charge is 2.21. The summed E-state index contributed by atoms with van der Waals surface area (Å²) in [4.78, 5) is 15.5. The van der Waals surface area contributed by atoms with Gasteiger partial charge in [-0.15, -0.1) is 0 Å². The minimum atomic E-state index is -4.07. The van der Waals surface area contributed by atoms with Crippen molar-refractivity contribution < 1.29 is 13.2 Å². The first-order valence-corrected chi connectivity index (χ1v) is 9.67. The zero-order chi connectivity index (χ0) is 18.8. The number of nitrogens with one attached hydrogen (secondary N) is 2. The molecule has 2 aromatic rings. The SMILES string of the molecule is CC(C)NC(=O)c1ccc(Cl)c(NS(=O)(=O)c2ccc(Cl)nc2Cl)c1. The van der Waals surface area contributed by atoms with E-state index in [-0.39, 0.29) is 43.4 Å². The summed E-state index contributed by atoms with van der Waals surface area (Å²) in [7, 11) is -4.07. The maximum Gasteiger partial charge on any atom is 0.265 e. The molecule has 0 unspecified atom stereocenters. The summed E-state index contributed by atoms with van der Waals surface area (Å²) in [5.41, 5.74) is 0.306. The Hall–Kier alpha value is -1.54. The van der Waals surface area contributed by atoms with Crippen LogP contribution in [0, 0.1) is 0 Å². The highest BCUT2D eigenvalue weighted by molar-refractivity contribution is 7.92. The Morgan fingerprint density at radius 1 is 1.12 bits per heavy atom. The second-order valence-electron chi connectivity index (χ2n) is 5.35. The molecule has 0 saturated carbocycles. The smallest absolute Gasteiger partial charge is 0.265 e. The summed E-state index contributed by atoms with van der Waals surface area (Å²) in [5, 5.41) is 2.63. The summed E-state index contributed by atoms with van der Waals surface area (Å²) in [6, 6.07) is 6.72. The van der Waals surface area contributed by atoms with Gasteiger partial charge in [-0.25, -0.2) is 13.4 Å². The van der Waals surface area contributed by atoms with Crippen molar-refractivity contribution in [2.75, 3.05) is 4.72 Å². The molecule has 0 aliphatic rings. The van der Waals surface area contributed by atoms with Gasteiger partial charge in [-0.1, -0.05) is 34.8 Å². The molecule has 0 saturated heterocycles. The highest BCUT2D eigenvalue weighted by Crippen LogP contribution is 2.28. The van der Waals surface area contributed by atoms with Gasteiger partial charge < -0.3 is 5.32 Å². The molecule has 0 aliphatic carbocycles. The lowest BCUT2D eigenvalue weighted by atomic mass is 10.2. The van der Waals surface area contributed by atoms with E-state index >= 15 is 0 Å². The fraction of sp³-hybridized carbons (Fsp3) is 0.200. The van der Waals surface area contributed by atoms with Crippen LogP contribution in [0.15, 0.2) is 35.2 Å². The van der Waals surface area contributed by atoms with Gasteiger partial charge in [-0.3, -0.25) is 9.52 Å². The third kappa shape index (κ3) is 4.98. The number of nitrogens with zero attached hydrogens (tertiary/aromatic N) is 1. The standard InChI is InChI=1S/C15H14Cl3N3O3S/c1-8(2)19-15(22)9-3-4-10(16)11(7-9)21-25(23,24)12-5-6-13(17)20-14(12)18/h3-8,21H,1-2H3,(H,19,22). The first-order chi connectivity index (χ1) is 11.6. The Morgan fingerprint density at radius 3 is 2.40 bits per heavy atom. The number of rotatable bonds is 5. The molecule has 0 bridgehead atoms. The minimum absolute atomic E-state index is 0.0455. The molecule has 0 fully saturated rings. The number of anilines is 1. The van der Waals surface area contributed by atoms with E-state index in [2.05, 4.69) is 15.0 Å². The number of carbonyl (C=O) groups is 1. The topological polar surface area (TPSA) is 88.2 Å². The lowest BCUT2D eigenvalue weighted by Gasteiger charge is -2.13.